The summed E-state index contributed by atoms with van der Waals surface area (Å²) in [5.74, 6) is 0.666. The van der Waals surface area contributed by atoms with Gasteiger partial charge in [-0.25, -0.2) is 4.39 Å². The minimum atomic E-state index is -0.410. The number of halogens is 1. The number of carbonyl (C=O) groups is 1. The number of hydrogen-bond acceptors (Lipinski definition) is 3. The van der Waals surface area contributed by atoms with Crippen LogP contribution in [0.3, 0.4) is 0 Å². The highest BCUT2D eigenvalue weighted by Gasteiger charge is 2.06. The molecule has 0 aromatic heterocycles. The molecule has 4 heteroatoms. The monoisotopic (exact) mass is 316 g/mol. The van der Waals surface area contributed by atoms with Gasteiger partial charge in [0.25, 0.3) is 0 Å². The smallest absolute Gasteiger partial charge is 0.165 e. The Bertz CT molecular complexity index is 667. The van der Waals surface area contributed by atoms with Gasteiger partial charge in [0.15, 0.2) is 11.6 Å². The molecule has 0 bridgehead atoms. The molecule has 0 aliphatic rings. The minimum Gasteiger partial charge on any atom is -0.494 e. The van der Waals surface area contributed by atoms with E-state index in [2.05, 4.69) is 0 Å². The van der Waals surface area contributed by atoms with Crippen molar-refractivity contribution in [2.24, 2.45) is 0 Å². The van der Waals surface area contributed by atoms with Crippen molar-refractivity contribution in [2.45, 2.75) is 33.3 Å². The Morgan fingerprint density at radius 2 is 1.91 bits per heavy atom. The van der Waals surface area contributed by atoms with Crippen LogP contribution in [0.4, 0.5) is 4.39 Å². The molecule has 0 radical (unpaired) electrons. The van der Waals surface area contributed by atoms with Crippen LogP contribution in [0.15, 0.2) is 42.5 Å². The molecular weight excluding hydrogens is 295 g/mol. The molecule has 23 heavy (non-hydrogen) atoms. The van der Waals surface area contributed by atoms with E-state index in [0.29, 0.717) is 19.4 Å². The van der Waals surface area contributed by atoms with Gasteiger partial charge in [-0.3, -0.25) is 0 Å². The zero-order chi connectivity index (χ0) is 16.7. The lowest BCUT2D eigenvalue weighted by molar-refractivity contribution is -0.116. The van der Waals surface area contributed by atoms with Gasteiger partial charge >= 0.3 is 0 Å². The number of ketones is 1. The van der Waals surface area contributed by atoms with Crippen LogP contribution in [0.1, 0.15) is 31.4 Å². The Hall–Kier alpha value is -2.36. The van der Waals surface area contributed by atoms with Crippen molar-refractivity contribution in [3.05, 3.63) is 59.4 Å². The van der Waals surface area contributed by atoms with Gasteiger partial charge in [-0.05, 0) is 55.7 Å². The van der Waals surface area contributed by atoms with Crippen molar-refractivity contribution in [3.8, 4) is 11.5 Å². The second-order valence-electron chi connectivity index (χ2n) is 5.34. The van der Waals surface area contributed by atoms with Crippen LogP contribution >= 0.6 is 0 Å². The molecule has 122 valence electrons. The number of Topliss-reactive ketones (excluding diaryl/α,β-unsaturated/α-hetero) is 1. The lowest BCUT2D eigenvalue weighted by Gasteiger charge is -2.10. The summed E-state index contributed by atoms with van der Waals surface area (Å²) < 4.78 is 25.0. The lowest BCUT2D eigenvalue weighted by Crippen LogP contribution is -2.00. The van der Waals surface area contributed by atoms with E-state index in [1.807, 2.05) is 31.2 Å². The van der Waals surface area contributed by atoms with Crippen LogP contribution in [0.25, 0.3) is 0 Å². The molecular formula is C19H21FO3. The summed E-state index contributed by atoms with van der Waals surface area (Å²) in [4.78, 5) is 11.0. The Balaban J connectivity index is 1.97. The summed E-state index contributed by atoms with van der Waals surface area (Å²) >= 11 is 0. The molecule has 2 aromatic rings. The highest BCUT2D eigenvalue weighted by Crippen LogP contribution is 2.21. The molecule has 0 unspecified atom stereocenters. The van der Waals surface area contributed by atoms with Crippen molar-refractivity contribution < 1.29 is 18.7 Å². The van der Waals surface area contributed by atoms with Crippen LogP contribution in [0.2, 0.25) is 0 Å². The first-order valence-electron chi connectivity index (χ1n) is 7.71. The summed E-state index contributed by atoms with van der Waals surface area (Å²) in [6.07, 6.45) is 0.965. The van der Waals surface area contributed by atoms with Crippen molar-refractivity contribution in [2.75, 3.05) is 6.61 Å². The van der Waals surface area contributed by atoms with Gasteiger partial charge in [0.05, 0.1) is 6.61 Å². The van der Waals surface area contributed by atoms with Crippen LogP contribution in [0, 0.1) is 5.82 Å². The van der Waals surface area contributed by atoms with Crippen molar-refractivity contribution in [1.29, 1.82) is 0 Å². The lowest BCUT2D eigenvalue weighted by atomic mass is 10.1. The van der Waals surface area contributed by atoms with Gasteiger partial charge in [0.2, 0.25) is 0 Å². The predicted octanol–water partition coefficient (Wildman–Crippen LogP) is 4.33. The SMILES string of the molecule is CCOc1cccc(COc2ccc(CCC(C)=O)cc2F)c1. The molecule has 0 spiro atoms. The fraction of sp³-hybridized carbons (Fsp3) is 0.316. The van der Waals surface area contributed by atoms with E-state index in [1.165, 1.54) is 13.0 Å². The zero-order valence-electron chi connectivity index (χ0n) is 13.5. The topological polar surface area (TPSA) is 35.5 Å². The van der Waals surface area contributed by atoms with E-state index in [4.69, 9.17) is 9.47 Å². The van der Waals surface area contributed by atoms with Gasteiger partial charge in [-0.2, -0.15) is 0 Å². The second-order valence-corrected chi connectivity index (χ2v) is 5.34. The predicted molar refractivity (Wildman–Crippen MR) is 87.3 cm³/mol. The molecule has 0 saturated heterocycles. The quantitative estimate of drug-likeness (QED) is 0.727. The van der Waals surface area contributed by atoms with E-state index in [9.17, 15) is 9.18 Å². The summed E-state index contributed by atoms with van der Waals surface area (Å²) in [7, 11) is 0. The second kappa shape index (κ2) is 8.32. The summed E-state index contributed by atoms with van der Waals surface area (Å²) in [6, 6.07) is 12.4. The first-order valence-corrected chi connectivity index (χ1v) is 7.71. The van der Waals surface area contributed by atoms with E-state index in [1.54, 1.807) is 12.1 Å². The maximum atomic E-state index is 14.0. The Labute approximate surface area is 136 Å². The molecule has 0 saturated carbocycles. The Morgan fingerprint density at radius 3 is 2.61 bits per heavy atom. The summed E-state index contributed by atoms with van der Waals surface area (Å²) in [5.41, 5.74) is 1.71. The highest BCUT2D eigenvalue weighted by atomic mass is 19.1. The van der Waals surface area contributed by atoms with Crippen molar-refractivity contribution in [1.82, 2.24) is 0 Å². The fourth-order valence-corrected chi connectivity index (χ4v) is 2.19. The molecule has 2 aromatic carbocycles. The third kappa shape index (κ3) is 5.40. The first-order chi connectivity index (χ1) is 11.1. The Morgan fingerprint density at radius 1 is 1.09 bits per heavy atom. The standard InChI is InChI=1S/C19H21FO3/c1-3-22-17-6-4-5-16(11-17)13-23-19-10-9-15(12-18(19)20)8-7-14(2)21/h4-6,9-12H,3,7-8,13H2,1-2H3. The molecule has 2 rings (SSSR count). The van der Waals surface area contributed by atoms with Crippen molar-refractivity contribution >= 4 is 5.78 Å². The molecule has 0 N–H and O–H groups in total. The largest absolute Gasteiger partial charge is 0.494 e. The van der Waals surface area contributed by atoms with Gasteiger partial charge in [0, 0.05) is 6.42 Å². The van der Waals surface area contributed by atoms with Crippen LogP contribution in [0.5, 0.6) is 11.5 Å². The van der Waals surface area contributed by atoms with Gasteiger partial charge < -0.3 is 14.3 Å². The number of carbonyl (C=O) groups excluding carboxylic acids is 1. The Kier molecular flexibility index (Phi) is 6.15. The molecule has 0 atom stereocenters. The molecule has 0 heterocycles. The molecule has 0 amide bonds. The maximum Gasteiger partial charge on any atom is 0.165 e. The average Bonchev–Trinajstić information content (AvgIpc) is 2.53. The van der Waals surface area contributed by atoms with Gasteiger partial charge in [-0.15, -0.1) is 0 Å². The van der Waals surface area contributed by atoms with Gasteiger partial charge in [-0.1, -0.05) is 18.2 Å². The summed E-state index contributed by atoms with van der Waals surface area (Å²) in [5, 5.41) is 0. The highest BCUT2D eigenvalue weighted by molar-refractivity contribution is 5.75. The van der Waals surface area contributed by atoms with Crippen LogP contribution < -0.4 is 9.47 Å². The van der Waals surface area contributed by atoms with Gasteiger partial charge in [0.1, 0.15) is 18.1 Å². The zero-order valence-corrected chi connectivity index (χ0v) is 13.5. The molecule has 0 aliphatic heterocycles. The molecule has 0 fully saturated rings. The van der Waals surface area contributed by atoms with E-state index in [0.717, 1.165) is 16.9 Å². The van der Waals surface area contributed by atoms with Crippen molar-refractivity contribution in [3.63, 3.8) is 0 Å². The summed E-state index contributed by atoms with van der Waals surface area (Å²) in [6.45, 7) is 4.32. The fourth-order valence-electron chi connectivity index (χ4n) is 2.19. The van der Waals surface area contributed by atoms with E-state index < -0.39 is 5.82 Å². The average molecular weight is 316 g/mol. The van der Waals surface area contributed by atoms with E-state index in [-0.39, 0.29) is 18.1 Å². The number of hydrogen-bond donors (Lipinski definition) is 0. The first kappa shape index (κ1) is 17.0. The minimum absolute atomic E-state index is 0.0971. The third-order valence-corrected chi connectivity index (χ3v) is 3.37. The number of aryl methyl sites for hydroxylation is 1. The number of rotatable bonds is 8. The normalized spacial score (nSPS) is 10.4. The van der Waals surface area contributed by atoms with Crippen LogP contribution in [-0.2, 0) is 17.8 Å². The number of benzene rings is 2. The maximum absolute atomic E-state index is 14.0. The molecule has 0 aliphatic carbocycles. The third-order valence-electron chi connectivity index (χ3n) is 3.37. The number of ether oxygens (including phenoxy) is 2. The van der Waals surface area contributed by atoms with Crippen LogP contribution in [-0.4, -0.2) is 12.4 Å². The molecule has 3 nitrogen and oxygen atoms in total. The van der Waals surface area contributed by atoms with E-state index >= 15 is 0 Å².